The second-order valence-electron chi connectivity index (χ2n) is 6.26. The Bertz CT molecular complexity index is 735. The lowest BCUT2D eigenvalue weighted by atomic mass is 10.0. The number of nitrogens with zero attached hydrogens (tertiary/aromatic N) is 1. The van der Waals surface area contributed by atoms with Gasteiger partial charge in [-0.1, -0.05) is 54.1 Å². The molecule has 0 saturated carbocycles. The van der Waals surface area contributed by atoms with Crippen molar-refractivity contribution in [3.05, 3.63) is 70.7 Å². The highest BCUT2D eigenvalue weighted by Crippen LogP contribution is 2.16. The average molecular weight is 389 g/mol. The third-order valence-electron chi connectivity index (χ3n) is 4.23. The van der Waals surface area contributed by atoms with Crippen molar-refractivity contribution in [1.29, 1.82) is 0 Å². The summed E-state index contributed by atoms with van der Waals surface area (Å²) in [6.45, 7) is 2.63. The maximum atomic E-state index is 12.8. The molecule has 144 valence electrons. The topological polar surface area (TPSA) is 58.6 Å². The second-order valence-corrected chi connectivity index (χ2v) is 6.70. The number of amides is 2. The van der Waals surface area contributed by atoms with Crippen LogP contribution < -0.4 is 5.32 Å². The number of hydrogen-bond donors (Lipinski definition) is 1. The van der Waals surface area contributed by atoms with Crippen LogP contribution in [0.4, 0.5) is 0 Å². The van der Waals surface area contributed by atoms with Gasteiger partial charge in [-0.25, -0.2) is 0 Å². The van der Waals surface area contributed by atoms with Crippen molar-refractivity contribution in [2.75, 3.05) is 20.3 Å². The Morgan fingerprint density at radius 3 is 2.33 bits per heavy atom. The molecule has 2 rings (SSSR count). The van der Waals surface area contributed by atoms with Gasteiger partial charge in [0.15, 0.2) is 0 Å². The first-order valence-electron chi connectivity index (χ1n) is 8.83. The third kappa shape index (κ3) is 6.70. The monoisotopic (exact) mass is 388 g/mol. The van der Waals surface area contributed by atoms with Crippen LogP contribution in [0.25, 0.3) is 0 Å². The summed E-state index contributed by atoms with van der Waals surface area (Å²) in [7, 11) is 1.58. The number of hydrogen-bond acceptors (Lipinski definition) is 3. The average Bonchev–Trinajstić information content (AvgIpc) is 2.66. The van der Waals surface area contributed by atoms with Gasteiger partial charge in [0.1, 0.15) is 6.04 Å². The number of methoxy groups -OCH3 is 1. The Balaban J connectivity index is 2.23. The summed E-state index contributed by atoms with van der Waals surface area (Å²) >= 11 is 5.95. The fourth-order valence-electron chi connectivity index (χ4n) is 2.80. The molecule has 0 spiro atoms. The summed E-state index contributed by atoms with van der Waals surface area (Å²) in [6.07, 6.45) is 0.437. The highest BCUT2D eigenvalue weighted by atomic mass is 35.5. The van der Waals surface area contributed by atoms with Gasteiger partial charge in [-0.05, 0) is 23.3 Å². The number of rotatable bonds is 9. The molecule has 6 heteroatoms. The van der Waals surface area contributed by atoms with Gasteiger partial charge in [-0.2, -0.15) is 0 Å². The minimum absolute atomic E-state index is 0.159. The van der Waals surface area contributed by atoms with Crippen LogP contribution in [0.15, 0.2) is 54.6 Å². The first-order chi connectivity index (χ1) is 13.0. The molecule has 0 bridgehead atoms. The van der Waals surface area contributed by atoms with Crippen molar-refractivity contribution in [3.8, 4) is 0 Å². The first kappa shape index (κ1) is 20.9. The zero-order valence-electron chi connectivity index (χ0n) is 15.7. The van der Waals surface area contributed by atoms with Crippen LogP contribution in [0.3, 0.4) is 0 Å². The molecule has 0 aliphatic carbocycles. The molecule has 27 heavy (non-hydrogen) atoms. The molecule has 2 amide bonds. The van der Waals surface area contributed by atoms with Crippen molar-refractivity contribution >= 4 is 23.4 Å². The molecule has 2 aromatic rings. The maximum absolute atomic E-state index is 12.8. The summed E-state index contributed by atoms with van der Waals surface area (Å²) in [5, 5.41) is 3.49. The van der Waals surface area contributed by atoms with Gasteiger partial charge in [0.25, 0.3) is 0 Å². The summed E-state index contributed by atoms with van der Waals surface area (Å²) in [4.78, 5) is 26.8. The van der Waals surface area contributed by atoms with E-state index in [2.05, 4.69) is 5.32 Å². The number of nitrogens with one attached hydrogen (secondary N) is 1. The minimum atomic E-state index is -0.613. The Morgan fingerprint density at radius 1 is 1.07 bits per heavy atom. The first-order valence-corrected chi connectivity index (χ1v) is 9.21. The fourth-order valence-corrected chi connectivity index (χ4v) is 2.93. The van der Waals surface area contributed by atoms with E-state index in [0.29, 0.717) is 31.1 Å². The lowest BCUT2D eigenvalue weighted by Crippen LogP contribution is -2.50. The van der Waals surface area contributed by atoms with Gasteiger partial charge in [-0.3, -0.25) is 9.59 Å². The third-order valence-corrected chi connectivity index (χ3v) is 4.48. The van der Waals surface area contributed by atoms with Crippen LogP contribution in [0.1, 0.15) is 18.1 Å². The molecule has 1 N–H and O–H groups in total. The summed E-state index contributed by atoms with van der Waals surface area (Å²) < 4.78 is 5.00. The van der Waals surface area contributed by atoms with E-state index in [1.54, 1.807) is 24.1 Å². The van der Waals surface area contributed by atoms with E-state index < -0.39 is 6.04 Å². The summed E-state index contributed by atoms with van der Waals surface area (Å²) in [6, 6.07) is 16.3. The van der Waals surface area contributed by atoms with E-state index >= 15 is 0 Å². The highest BCUT2D eigenvalue weighted by molar-refractivity contribution is 6.30. The molecule has 0 unspecified atom stereocenters. The zero-order valence-corrected chi connectivity index (χ0v) is 16.4. The van der Waals surface area contributed by atoms with Gasteiger partial charge in [-0.15, -0.1) is 0 Å². The van der Waals surface area contributed by atoms with Gasteiger partial charge in [0, 0.05) is 38.6 Å². The van der Waals surface area contributed by atoms with Crippen molar-refractivity contribution in [2.45, 2.75) is 25.9 Å². The Morgan fingerprint density at radius 2 is 1.74 bits per heavy atom. The quantitative estimate of drug-likeness (QED) is 0.671. The molecule has 0 fully saturated rings. The Labute approximate surface area is 165 Å². The zero-order chi connectivity index (χ0) is 19.6. The SMILES string of the molecule is COCCNC(=O)[C@@H](Cc1ccccc1)N(Cc1ccc(Cl)cc1)C(C)=O. The van der Waals surface area contributed by atoms with Crippen LogP contribution >= 0.6 is 11.6 Å². The van der Waals surface area contributed by atoms with Crippen LogP contribution in [0, 0.1) is 0 Å². The largest absolute Gasteiger partial charge is 0.383 e. The van der Waals surface area contributed by atoms with E-state index in [0.717, 1.165) is 11.1 Å². The van der Waals surface area contributed by atoms with Gasteiger partial charge >= 0.3 is 0 Å². The molecule has 5 nitrogen and oxygen atoms in total. The smallest absolute Gasteiger partial charge is 0.243 e. The van der Waals surface area contributed by atoms with Gasteiger partial charge in [0.2, 0.25) is 11.8 Å². The Kier molecular flexibility index (Phi) is 8.30. The molecule has 0 saturated heterocycles. The highest BCUT2D eigenvalue weighted by Gasteiger charge is 2.28. The Hall–Kier alpha value is -2.37. The van der Waals surface area contributed by atoms with Crippen molar-refractivity contribution in [2.24, 2.45) is 0 Å². The van der Waals surface area contributed by atoms with Crippen LogP contribution in [0.5, 0.6) is 0 Å². The van der Waals surface area contributed by atoms with Crippen molar-refractivity contribution < 1.29 is 14.3 Å². The van der Waals surface area contributed by atoms with Crippen LogP contribution in [-0.2, 0) is 27.3 Å². The predicted octanol–water partition coefficient (Wildman–Crippen LogP) is 3.06. The molecule has 0 aliphatic rings. The second kappa shape index (κ2) is 10.7. The summed E-state index contributed by atoms with van der Waals surface area (Å²) in [5.41, 5.74) is 1.91. The molecule has 0 aliphatic heterocycles. The normalized spacial score (nSPS) is 11.7. The standard InChI is InChI=1S/C21H25ClN2O3/c1-16(25)24(15-18-8-10-19(22)11-9-18)20(21(26)23-12-13-27-2)14-17-6-4-3-5-7-17/h3-11,20H,12-15H2,1-2H3,(H,23,26)/t20-/m1/s1. The molecule has 2 aromatic carbocycles. The number of ether oxygens (including phenoxy) is 1. The van der Waals surface area contributed by atoms with Crippen LogP contribution in [0.2, 0.25) is 5.02 Å². The molecule has 0 heterocycles. The van der Waals surface area contributed by atoms with E-state index in [-0.39, 0.29) is 11.8 Å². The number of benzene rings is 2. The van der Waals surface area contributed by atoms with Gasteiger partial charge in [0.05, 0.1) is 6.61 Å². The number of carbonyl (C=O) groups excluding carboxylic acids is 2. The van der Waals surface area contributed by atoms with E-state index in [1.807, 2.05) is 42.5 Å². The van der Waals surface area contributed by atoms with Crippen molar-refractivity contribution in [3.63, 3.8) is 0 Å². The van der Waals surface area contributed by atoms with E-state index in [1.165, 1.54) is 6.92 Å². The fraction of sp³-hybridized carbons (Fsp3) is 0.333. The minimum Gasteiger partial charge on any atom is -0.383 e. The lowest BCUT2D eigenvalue weighted by Gasteiger charge is -2.30. The molecular weight excluding hydrogens is 364 g/mol. The predicted molar refractivity (Wildman–Crippen MR) is 106 cm³/mol. The van der Waals surface area contributed by atoms with E-state index in [9.17, 15) is 9.59 Å². The maximum Gasteiger partial charge on any atom is 0.243 e. The molecule has 0 radical (unpaired) electrons. The molecular formula is C21H25ClN2O3. The summed E-state index contributed by atoms with van der Waals surface area (Å²) in [5.74, 6) is -0.354. The molecule has 1 atom stereocenters. The van der Waals surface area contributed by atoms with E-state index in [4.69, 9.17) is 16.3 Å². The van der Waals surface area contributed by atoms with Crippen molar-refractivity contribution in [1.82, 2.24) is 10.2 Å². The molecule has 0 aromatic heterocycles. The number of carbonyl (C=O) groups is 2. The van der Waals surface area contributed by atoms with Crippen LogP contribution in [-0.4, -0.2) is 43.0 Å². The number of halogens is 1. The van der Waals surface area contributed by atoms with Gasteiger partial charge < -0.3 is 15.0 Å². The lowest BCUT2D eigenvalue weighted by molar-refractivity contribution is -0.139.